The Labute approximate surface area is 128 Å². The van der Waals surface area contributed by atoms with Crippen LogP contribution in [0.4, 0.5) is 0 Å². The third kappa shape index (κ3) is 3.67. The Bertz CT molecular complexity index is 682. The van der Waals surface area contributed by atoms with Gasteiger partial charge in [0.15, 0.2) is 5.82 Å². The predicted octanol–water partition coefficient (Wildman–Crippen LogP) is 2.02. The first-order chi connectivity index (χ1) is 10.8. The van der Waals surface area contributed by atoms with E-state index in [0.29, 0.717) is 18.9 Å². The minimum atomic E-state index is -0.244. The lowest BCUT2D eigenvalue weighted by molar-refractivity contribution is 0.306. The maximum atomic E-state index is 6.04. The summed E-state index contributed by atoms with van der Waals surface area (Å²) in [4.78, 5) is 0. The molecule has 3 aromatic rings. The summed E-state index contributed by atoms with van der Waals surface area (Å²) in [6, 6.07) is 17.7. The van der Waals surface area contributed by atoms with E-state index in [2.05, 4.69) is 20.6 Å². The summed E-state index contributed by atoms with van der Waals surface area (Å²) in [5.41, 5.74) is 8.29. The first kappa shape index (κ1) is 14.2. The van der Waals surface area contributed by atoms with Gasteiger partial charge in [0, 0.05) is 0 Å². The summed E-state index contributed by atoms with van der Waals surface area (Å²) in [7, 11) is 0. The van der Waals surface area contributed by atoms with Gasteiger partial charge in [-0.25, -0.2) is 5.10 Å². The quantitative estimate of drug-likeness (QED) is 0.726. The molecule has 1 atom stereocenters. The van der Waals surface area contributed by atoms with Gasteiger partial charge in [-0.15, -0.1) is 5.10 Å². The van der Waals surface area contributed by atoms with E-state index in [-0.39, 0.29) is 6.04 Å². The van der Waals surface area contributed by atoms with Crippen LogP contribution in [0.3, 0.4) is 0 Å². The van der Waals surface area contributed by atoms with Crippen molar-refractivity contribution in [1.82, 2.24) is 20.6 Å². The predicted molar refractivity (Wildman–Crippen MR) is 82.0 cm³/mol. The zero-order valence-electron chi connectivity index (χ0n) is 12.0. The van der Waals surface area contributed by atoms with Gasteiger partial charge in [0.2, 0.25) is 0 Å². The van der Waals surface area contributed by atoms with Crippen LogP contribution < -0.4 is 10.5 Å². The van der Waals surface area contributed by atoms with Crippen LogP contribution in [0.15, 0.2) is 54.6 Å². The Hall–Kier alpha value is -2.73. The maximum absolute atomic E-state index is 6.04. The highest BCUT2D eigenvalue weighted by Gasteiger charge is 2.10. The fourth-order valence-corrected chi connectivity index (χ4v) is 2.14. The first-order valence-electron chi connectivity index (χ1n) is 7.06. The van der Waals surface area contributed by atoms with Gasteiger partial charge in [0.25, 0.3) is 0 Å². The zero-order valence-corrected chi connectivity index (χ0v) is 12.0. The van der Waals surface area contributed by atoms with Gasteiger partial charge in [-0.3, -0.25) is 0 Å². The van der Waals surface area contributed by atoms with Crippen molar-refractivity contribution in [2.24, 2.45) is 5.73 Å². The SMILES string of the molecule is N[C@@H](Cc1ccc(OCc2ccccc2)cc1)c1nnn[nH]1. The molecule has 0 aliphatic rings. The second kappa shape index (κ2) is 6.82. The van der Waals surface area contributed by atoms with Crippen molar-refractivity contribution in [2.75, 3.05) is 0 Å². The van der Waals surface area contributed by atoms with E-state index in [1.165, 1.54) is 0 Å². The summed E-state index contributed by atoms with van der Waals surface area (Å²) in [6.45, 7) is 0.559. The molecule has 112 valence electrons. The van der Waals surface area contributed by atoms with E-state index in [9.17, 15) is 0 Å². The van der Waals surface area contributed by atoms with Gasteiger partial charge < -0.3 is 10.5 Å². The summed E-state index contributed by atoms with van der Waals surface area (Å²) in [6.07, 6.45) is 0.663. The van der Waals surface area contributed by atoms with Crippen LogP contribution >= 0.6 is 0 Å². The fraction of sp³-hybridized carbons (Fsp3) is 0.188. The van der Waals surface area contributed by atoms with E-state index < -0.39 is 0 Å². The minimum Gasteiger partial charge on any atom is -0.489 e. The number of ether oxygens (including phenoxy) is 1. The Kier molecular flexibility index (Phi) is 4.41. The third-order valence-electron chi connectivity index (χ3n) is 3.34. The number of benzene rings is 2. The van der Waals surface area contributed by atoms with Gasteiger partial charge in [0.05, 0.1) is 6.04 Å². The topological polar surface area (TPSA) is 89.7 Å². The largest absolute Gasteiger partial charge is 0.489 e. The molecule has 0 aliphatic heterocycles. The number of nitrogens with zero attached hydrogens (tertiary/aromatic N) is 3. The summed E-state index contributed by atoms with van der Waals surface area (Å²) in [5.74, 6) is 1.42. The highest BCUT2D eigenvalue weighted by atomic mass is 16.5. The standard InChI is InChI=1S/C16H17N5O/c17-15(16-18-20-21-19-16)10-12-6-8-14(9-7-12)22-11-13-4-2-1-3-5-13/h1-9,15H,10-11,17H2,(H,18,19,20,21)/t15-/m0/s1. The zero-order chi connectivity index (χ0) is 15.2. The van der Waals surface area contributed by atoms with E-state index in [4.69, 9.17) is 10.5 Å². The molecule has 0 radical (unpaired) electrons. The van der Waals surface area contributed by atoms with Crippen LogP contribution in [0.25, 0.3) is 0 Å². The Morgan fingerprint density at radius 1 is 1.00 bits per heavy atom. The lowest BCUT2D eigenvalue weighted by Gasteiger charge is -2.09. The fourth-order valence-electron chi connectivity index (χ4n) is 2.14. The van der Waals surface area contributed by atoms with Crippen LogP contribution in [-0.4, -0.2) is 20.6 Å². The van der Waals surface area contributed by atoms with Crippen molar-refractivity contribution in [2.45, 2.75) is 19.1 Å². The molecule has 22 heavy (non-hydrogen) atoms. The van der Waals surface area contributed by atoms with Gasteiger partial charge in [-0.2, -0.15) is 0 Å². The van der Waals surface area contributed by atoms with Crippen LogP contribution in [0.2, 0.25) is 0 Å². The van der Waals surface area contributed by atoms with Gasteiger partial charge in [0.1, 0.15) is 12.4 Å². The number of hydrogen-bond acceptors (Lipinski definition) is 5. The molecule has 1 heterocycles. The number of aromatic amines is 1. The molecular formula is C16H17N5O. The van der Waals surface area contributed by atoms with Crippen molar-refractivity contribution < 1.29 is 4.74 Å². The van der Waals surface area contributed by atoms with Crippen molar-refractivity contribution in [3.8, 4) is 5.75 Å². The number of hydrogen-bond donors (Lipinski definition) is 2. The Morgan fingerprint density at radius 3 is 2.45 bits per heavy atom. The number of H-pyrrole nitrogens is 1. The smallest absolute Gasteiger partial charge is 0.165 e. The molecule has 0 saturated heterocycles. The average Bonchev–Trinajstić information content (AvgIpc) is 3.10. The lowest BCUT2D eigenvalue weighted by atomic mass is 10.1. The molecule has 6 nitrogen and oxygen atoms in total. The maximum Gasteiger partial charge on any atom is 0.165 e. The number of aromatic nitrogens is 4. The molecule has 1 aromatic heterocycles. The van der Waals surface area contributed by atoms with E-state index >= 15 is 0 Å². The third-order valence-corrected chi connectivity index (χ3v) is 3.34. The van der Waals surface area contributed by atoms with Crippen molar-refractivity contribution in [3.05, 3.63) is 71.5 Å². The molecule has 0 saturated carbocycles. The molecule has 3 rings (SSSR count). The van der Waals surface area contributed by atoms with E-state index in [0.717, 1.165) is 16.9 Å². The Morgan fingerprint density at radius 2 is 1.77 bits per heavy atom. The molecule has 0 aliphatic carbocycles. The van der Waals surface area contributed by atoms with Gasteiger partial charge in [-0.1, -0.05) is 42.5 Å². The van der Waals surface area contributed by atoms with Crippen LogP contribution in [0.1, 0.15) is 23.0 Å². The summed E-state index contributed by atoms with van der Waals surface area (Å²) < 4.78 is 5.75. The molecule has 0 bridgehead atoms. The lowest BCUT2D eigenvalue weighted by Crippen LogP contribution is -2.15. The monoisotopic (exact) mass is 295 g/mol. The average molecular weight is 295 g/mol. The molecule has 0 spiro atoms. The molecular weight excluding hydrogens is 278 g/mol. The van der Waals surface area contributed by atoms with Crippen molar-refractivity contribution in [3.63, 3.8) is 0 Å². The molecule has 3 N–H and O–H groups in total. The van der Waals surface area contributed by atoms with E-state index in [1.54, 1.807) is 0 Å². The Balaban J connectivity index is 1.56. The molecule has 6 heteroatoms. The van der Waals surface area contributed by atoms with Crippen molar-refractivity contribution >= 4 is 0 Å². The minimum absolute atomic E-state index is 0.244. The summed E-state index contributed by atoms with van der Waals surface area (Å²) >= 11 is 0. The van der Waals surface area contributed by atoms with Crippen LogP contribution in [0.5, 0.6) is 5.75 Å². The first-order valence-corrected chi connectivity index (χ1v) is 7.06. The number of nitrogens with two attached hydrogens (primary N) is 1. The van der Waals surface area contributed by atoms with E-state index in [1.807, 2.05) is 54.6 Å². The number of tetrazole rings is 1. The molecule has 2 aromatic carbocycles. The van der Waals surface area contributed by atoms with Gasteiger partial charge >= 0.3 is 0 Å². The highest BCUT2D eigenvalue weighted by molar-refractivity contribution is 5.28. The molecule has 0 fully saturated rings. The summed E-state index contributed by atoms with van der Waals surface area (Å²) in [5, 5.41) is 13.6. The second-order valence-corrected chi connectivity index (χ2v) is 5.02. The number of nitrogens with one attached hydrogen (secondary N) is 1. The van der Waals surface area contributed by atoms with Gasteiger partial charge in [-0.05, 0) is 40.1 Å². The normalized spacial score (nSPS) is 12.0. The number of rotatable bonds is 6. The second-order valence-electron chi connectivity index (χ2n) is 5.02. The van der Waals surface area contributed by atoms with Crippen LogP contribution in [-0.2, 0) is 13.0 Å². The molecule has 0 amide bonds. The highest BCUT2D eigenvalue weighted by Crippen LogP contribution is 2.17. The van der Waals surface area contributed by atoms with Crippen molar-refractivity contribution in [1.29, 1.82) is 0 Å². The molecule has 0 unspecified atom stereocenters. The van der Waals surface area contributed by atoms with Crippen LogP contribution in [0, 0.1) is 0 Å².